The molecule has 1 N–H and O–H groups in total. The zero-order valence-corrected chi connectivity index (χ0v) is 18.6. The second-order valence-electron chi connectivity index (χ2n) is 8.79. The smallest absolute Gasteiger partial charge is 0.266 e. The lowest BCUT2D eigenvalue weighted by atomic mass is 9.97. The van der Waals surface area contributed by atoms with Crippen molar-refractivity contribution in [3.8, 4) is 0 Å². The number of carbonyl (C=O) groups is 1. The Bertz CT molecular complexity index is 1260. The van der Waals surface area contributed by atoms with Crippen LogP contribution in [0.1, 0.15) is 66.1 Å². The third-order valence-corrected chi connectivity index (χ3v) is 6.22. The maximum atomic E-state index is 13.0. The van der Waals surface area contributed by atoms with Gasteiger partial charge in [0, 0.05) is 29.9 Å². The quantitative estimate of drug-likeness (QED) is 0.624. The van der Waals surface area contributed by atoms with Gasteiger partial charge in [0.15, 0.2) is 0 Å². The van der Waals surface area contributed by atoms with Crippen LogP contribution >= 0.6 is 0 Å². The highest BCUT2D eigenvalue weighted by Crippen LogP contribution is 2.34. The van der Waals surface area contributed by atoms with Crippen molar-refractivity contribution in [3.63, 3.8) is 0 Å². The Labute approximate surface area is 188 Å². The number of rotatable bonds is 5. The molecule has 1 amide bonds. The molecule has 5 heteroatoms. The summed E-state index contributed by atoms with van der Waals surface area (Å²) in [4.78, 5) is 26.5. The minimum absolute atomic E-state index is 0.0805. The number of fused-ring (bicyclic) bond motifs is 2. The van der Waals surface area contributed by atoms with E-state index in [9.17, 15) is 4.79 Å². The Balaban J connectivity index is 1.34. The van der Waals surface area contributed by atoms with Crippen molar-refractivity contribution >= 4 is 23.0 Å². The van der Waals surface area contributed by atoms with Crippen LogP contribution in [0.4, 0.5) is 5.69 Å². The summed E-state index contributed by atoms with van der Waals surface area (Å²) in [6, 6.07) is 16.5. The SMILES string of the molecule is CC(C)c1cccc([C@@H](C)NC(=O)C2=Nc3cc4c(cc3C2)CN=C4c2ccncc2)c1. The summed E-state index contributed by atoms with van der Waals surface area (Å²) in [5.74, 6) is 0.348. The lowest BCUT2D eigenvalue weighted by Crippen LogP contribution is -2.33. The molecule has 160 valence electrons. The molecule has 0 radical (unpaired) electrons. The Morgan fingerprint density at radius 3 is 2.53 bits per heavy atom. The van der Waals surface area contributed by atoms with Gasteiger partial charge in [-0.15, -0.1) is 0 Å². The monoisotopic (exact) mass is 422 g/mol. The van der Waals surface area contributed by atoms with Crippen LogP contribution in [-0.2, 0) is 17.8 Å². The fourth-order valence-corrected chi connectivity index (χ4v) is 4.33. The van der Waals surface area contributed by atoms with Crippen LogP contribution in [0.3, 0.4) is 0 Å². The fraction of sp³-hybridized carbons (Fsp3) is 0.259. The summed E-state index contributed by atoms with van der Waals surface area (Å²) in [7, 11) is 0. The predicted molar refractivity (Wildman–Crippen MR) is 128 cm³/mol. The van der Waals surface area contributed by atoms with Crippen LogP contribution < -0.4 is 5.32 Å². The maximum absolute atomic E-state index is 13.0. The van der Waals surface area contributed by atoms with Gasteiger partial charge in [0.2, 0.25) is 0 Å². The van der Waals surface area contributed by atoms with E-state index in [4.69, 9.17) is 4.99 Å². The van der Waals surface area contributed by atoms with E-state index in [-0.39, 0.29) is 11.9 Å². The Morgan fingerprint density at radius 2 is 1.75 bits per heavy atom. The van der Waals surface area contributed by atoms with E-state index >= 15 is 0 Å². The van der Waals surface area contributed by atoms with E-state index in [1.165, 1.54) is 11.1 Å². The van der Waals surface area contributed by atoms with Gasteiger partial charge in [0.1, 0.15) is 5.71 Å². The molecule has 1 aromatic heterocycles. The highest BCUT2D eigenvalue weighted by molar-refractivity contribution is 6.41. The van der Waals surface area contributed by atoms with Gasteiger partial charge in [-0.2, -0.15) is 0 Å². The molecule has 0 saturated heterocycles. The Hall–Kier alpha value is -3.60. The number of aliphatic imine (C=N–C) groups is 2. The highest BCUT2D eigenvalue weighted by Gasteiger charge is 2.26. The number of nitrogens with one attached hydrogen (secondary N) is 1. The summed E-state index contributed by atoms with van der Waals surface area (Å²) in [5.41, 5.74) is 9.21. The molecule has 5 nitrogen and oxygen atoms in total. The van der Waals surface area contributed by atoms with Crippen LogP contribution in [0.25, 0.3) is 0 Å². The number of aromatic nitrogens is 1. The van der Waals surface area contributed by atoms with E-state index in [0.717, 1.165) is 33.7 Å². The number of carbonyl (C=O) groups excluding carboxylic acids is 1. The van der Waals surface area contributed by atoms with Crippen LogP contribution in [0.15, 0.2) is 70.9 Å². The summed E-state index contributed by atoms with van der Waals surface area (Å²) >= 11 is 0. The van der Waals surface area contributed by atoms with Crippen LogP contribution in [0.2, 0.25) is 0 Å². The second-order valence-corrected chi connectivity index (χ2v) is 8.79. The van der Waals surface area contributed by atoms with E-state index < -0.39 is 0 Å². The van der Waals surface area contributed by atoms with Crippen molar-refractivity contribution < 1.29 is 4.79 Å². The van der Waals surface area contributed by atoms with Gasteiger partial charge in [0.25, 0.3) is 5.91 Å². The van der Waals surface area contributed by atoms with Gasteiger partial charge in [-0.1, -0.05) is 44.2 Å². The molecule has 3 aromatic rings. The minimum Gasteiger partial charge on any atom is -0.344 e. The highest BCUT2D eigenvalue weighted by atomic mass is 16.2. The Kier molecular flexibility index (Phi) is 5.17. The molecule has 2 aliphatic rings. The van der Waals surface area contributed by atoms with E-state index in [0.29, 0.717) is 24.6 Å². The molecule has 0 saturated carbocycles. The molecule has 5 rings (SSSR count). The predicted octanol–water partition coefficient (Wildman–Crippen LogP) is 5.06. The van der Waals surface area contributed by atoms with Crippen LogP contribution in [0.5, 0.6) is 0 Å². The van der Waals surface area contributed by atoms with Crippen LogP contribution in [0, 0.1) is 0 Å². The van der Waals surface area contributed by atoms with Crippen molar-refractivity contribution in [2.24, 2.45) is 9.98 Å². The summed E-state index contributed by atoms with van der Waals surface area (Å²) < 4.78 is 0. The first-order valence-electron chi connectivity index (χ1n) is 11.1. The number of benzene rings is 2. The topological polar surface area (TPSA) is 66.7 Å². The van der Waals surface area contributed by atoms with E-state index in [1.807, 2.05) is 19.1 Å². The number of amides is 1. The first kappa shape index (κ1) is 20.3. The standard InChI is InChI=1S/C27H26N4O/c1-16(2)19-5-4-6-20(11-19)17(3)30-27(32)25-13-21-12-22-15-29-26(18-7-9-28-10-8-18)23(22)14-24(21)31-25/h4-12,14,16-17H,13,15H2,1-3H3,(H,30,32)/t17-/m1/s1. The third-order valence-electron chi connectivity index (χ3n) is 6.22. The summed E-state index contributed by atoms with van der Waals surface area (Å²) in [6.45, 7) is 7.03. The minimum atomic E-state index is -0.105. The van der Waals surface area contributed by atoms with Crippen molar-refractivity contribution in [1.82, 2.24) is 10.3 Å². The molecule has 2 aromatic carbocycles. The Morgan fingerprint density at radius 1 is 0.969 bits per heavy atom. The van der Waals surface area contributed by atoms with Crippen molar-refractivity contribution in [1.29, 1.82) is 0 Å². The van der Waals surface area contributed by atoms with Gasteiger partial charge in [-0.25, -0.2) is 4.99 Å². The normalized spacial score (nSPS) is 15.1. The average molecular weight is 423 g/mol. The van der Waals surface area contributed by atoms with E-state index in [1.54, 1.807) is 12.4 Å². The first-order valence-corrected chi connectivity index (χ1v) is 11.1. The van der Waals surface area contributed by atoms with Crippen LogP contribution in [-0.4, -0.2) is 22.3 Å². The van der Waals surface area contributed by atoms with Crippen molar-refractivity contribution in [2.75, 3.05) is 0 Å². The zero-order valence-electron chi connectivity index (χ0n) is 18.6. The summed E-state index contributed by atoms with van der Waals surface area (Å²) in [5, 5.41) is 3.13. The molecule has 32 heavy (non-hydrogen) atoms. The van der Waals surface area contributed by atoms with Gasteiger partial charge >= 0.3 is 0 Å². The van der Waals surface area contributed by atoms with Gasteiger partial charge in [-0.05, 0) is 53.3 Å². The maximum Gasteiger partial charge on any atom is 0.266 e. The largest absolute Gasteiger partial charge is 0.344 e. The van der Waals surface area contributed by atoms with Gasteiger partial charge < -0.3 is 5.32 Å². The second kappa shape index (κ2) is 8.15. The van der Waals surface area contributed by atoms with E-state index in [2.05, 4.69) is 65.5 Å². The number of hydrogen-bond acceptors (Lipinski definition) is 4. The lowest BCUT2D eigenvalue weighted by molar-refractivity contribution is -0.115. The molecule has 0 fully saturated rings. The zero-order chi connectivity index (χ0) is 22.2. The molecular formula is C27H26N4O. The molecule has 3 heterocycles. The van der Waals surface area contributed by atoms with Gasteiger partial charge in [0.05, 0.1) is 24.0 Å². The number of pyridine rings is 1. The van der Waals surface area contributed by atoms with Gasteiger partial charge in [-0.3, -0.25) is 14.8 Å². The average Bonchev–Trinajstić information content (AvgIpc) is 3.41. The molecular weight excluding hydrogens is 396 g/mol. The first-order chi connectivity index (χ1) is 15.5. The molecule has 1 atom stereocenters. The molecule has 0 spiro atoms. The van der Waals surface area contributed by atoms with Crippen molar-refractivity contribution in [3.05, 3.63) is 94.3 Å². The third kappa shape index (κ3) is 3.75. The molecule has 2 aliphatic heterocycles. The fourth-order valence-electron chi connectivity index (χ4n) is 4.33. The molecule has 0 aliphatic carbocycles. The summed E-state index contributed by atoms with van der Waals surface area (Å²) in [6.07, 6.45) is 4.11. The lowest BCUT2D eigenvalue weighted by Gasteiger charge is -2.16. The number of nitrogens with zero attached hydrogens (tertiary/aromatic N) is 3. The number of hydrogen-bond donors (Lipinski definition) is 1. The van der Waals surface area contributed by atoms with Crippen molar-refractivity contribution in [2.45, 2.75) is 45.7 Å². The molecule has 0 unspecified atom stereocenters. The molecule has 0 bridgehead atoms.